The maximum atomic E-state index is 11.3. The highest BCUT2D eigenvalue weighted by Gasteiger charge is 2.00. The van der Waals surface area contributed by atoms with Gasteiger partial charge in [-0.2, -0.15) is 5.10 Å². The van der Waals surface area contributed by atoms with Gasteiger partial charge in [0.2, 0.25) is 0 Å². The van der Waals surface area contributed by atoms with Crippen LogP contribution in [-0.4, -0.2) is 17.1 Å². The monoisotopic (exact) mass is 177 g/mol. The van der Waals surface area contributed by atoms with E-state index in [0.29, 0.717) is 5.56 Å². The molecule has 1 aromatic rings. The van der Waals surface area contributed by atoms with Crippen LogP contribution in [0.3, 0.4) is 0 Å². The molecule has 1 rings (SSSR count). The van der Waals surface area contributed by atoms with Crippen LogP contribution >= 0.6 is 0 Å². The summed E-state index contributed by atoms with van der Waals surface area (Å²) in [4.78, 5) is 15.1. The predicted octanol–water partition coefficient (Wildman–Crippen LogP) is 1.21. The van der Waals surface area contributed by atoms with Crippen LogP contribution in [-0.2, 0) is 0 Å². The number of hydrazone groups is 1. The number of rotatable bonds is 3. The van der Waals surface area contributed by atoms with Gasteiger partial charge in [0.15, 0.2) is 0 Å². The molecule has 1 amide bonds. The zero-order valence-electron chi connectivity index (χ0n) is 7.40. The Morgan fingerprint density at radius 1 is 1.62 bits per heavy atom. The Hall–Kier alpha value is -1.71. The molecule has 0 unspecified atom stereocenters. The molecule has 0 spiro atoms. The molecule has 0 aliphatic carbocycles. The number of carbonyl (C=O) groups is 1. The SMILES string of the molecule is CCC=NNC(=O)c1ccncc1. The molecule has 0 aromatic carbocycles. The Bertz CT molecular complexity index is 295. The van der Waals surface area contributed by atoms with E-state index in [2.05, 4.69) is 15.5 Å². The fraction of sp³-hybridized carbons (Fsp3) is 0.222. The molecule has 0 radical (unpaired) electrons. The second kappa shape index (κ2) is 5.03. The molecular formula is C9H11N3O. The first-order chi connectivity index (χ1) is 6.34. The summed E-state index contributed by atoms with van der Waals surface area (Å²) in [6, 6.07) is 3.27. The van der Waals surface area contributed by atoms with E-state index < -0.39 is 0 Å². The molecular weight excluding hydrogens is 166 g/mol. The van der Waals surface area contributed by atoms with E-state index in [0.717, 1.165) is 6.42 Å². The van der Waals surface area contributed by atoms with E-state index in [-0.39, 0.29) is 5.91 Å². The lowest BCUT2D eigenvalue weighted by molar-refractivity contribution is 0.0955. The summed E-state index contributed by atoms with van der Waals surface area (Å²) in [7, 11) is 0. The van der Waals surface area contributed by atoms with Crippen molar-refractivity contribution in [3.63, 3.8) is 0 Å². The normalized spacial score (nSPS) is 10.2. The van der Waals surface area contributed by atoms with Crippen molar-refractivity contribution >= 4 is 12.1 Å². The lowest BCUT2D eigenvalue weighted by Gasteiger charge is -1.97. The van der Waals surface area contributed by atoms with Gasteiger partial charge in [-0.3, -0.25) is 9.78 Å². The van der Waals surface area contributed by atoms with Crippen LogP contribution in [0.25, 0.3) is 0 Å². The van der Waals surface area contributed by atoms with Crippen molar-refractivity contribution in [3.05, 3.63) is 30.1 Å². The molecule has 0 saturated heterocycles. The van der Waals surface area contributed by atoms with Gasteiger partial charge in [-0.05, 0) is 18.6 Å². The van der Waals surface area contributed by atoms with E-state index >= 15 is 0 Å². The molecule has 68 valence electrons. The quantitative estimate of drug-likeness (QED) is 0.557. The van der Waals surface area contributed by atoms with Crippen LogP contribution in [0.5, 0.6) is 0 Å². The second-order valence-corrected chi connectivity index (χ2v) is 2.40. The molecule has 4 heteroatoms. The molecule has 0 aliphatic rings. The number of amides is 1. The fourth-order valence-corrected chi connectivity index (χ4v) is 0.763. The van der Waals surface area contributed by atoms with Gasteiger partial charge in [0, 0.05) is 24.2 Å². The molecule has 0 saturated carbocycles. The lowest BCUT2D eigenvalue weighted by atomic mass is 10.3. The van der Waals surface area contributed by atoms with Crippen LogP contribution in [0.1, 0.15) is 23.7 Å². The van der Waals surface area contributed by atoms with Crippen LogP contribution in [0.4, 0.5) is 0 Å². The first kappa shape index (κ1) is 9.38. The minimum absolute atomic E-state index is 0.216. The molecule has 1 heterocycles. The number of hydrogen-bond acceptors (Lipinski definition) is 3. The van der Waals surface area contributed by atoms with Crippen molar-refractivity contribution in [2.24, 2.45) is 5.10 Å². The number of aromatic nitrogens is 1. The third-order valence-electron chi connectivity index (χ3n) is 1.38. The van der Waals surface area contributed by atoms with Crippen molar-refractivity contribution in [2.45, 2.75) is 13.3 Å². The Labute approximate surface area is 76.7 Å². The predicted molar refractivity (Wildman–Crippen MR) is 50.5 cm³/mol. The smallest absolute Gasteiger partial charge is 0.267 e. The number of hydrogen-bond donors (Lipinski definition) is 1. The average molecular weight is 177 g/mol. The highest BCUT2D eigenvalue weighted by molar-refractivity contribution is 5.94. The molecule has 0 aliphatic heterocycles. The largest absolute Gasteiger partial charge is 0.271 e. The minimum atomic E-state index is -0.216. The van der Waals surface area contributed by atoms with E-state index in [1.54, 1.807) is 30.7 Å². The van der Waals surface area contributed by atoms with Gasteiger partial charge in [0.1, 0.15) is 0 Å². The maximum absolute atomic E-state index is 11.3. The molecule has 0 atom stereocenters. The molecule has 1 aromatic heterocycles. The first-order valence-electron chi connectivity index (χ1n) is 4.06. The Kier molecular flexibility index (Phi) is 3.63. The second-order valence-electron chi connectivity index (χ2n) is 2.40. The van der Waals surface area contributed by atoms with Gasteiger partial charge in [-0.1, -0.05) is 6.92 Å². The van der Waals surface area contributed by atoms with Gasteiger partial charge in [0.25, 0.3) is 5.91 Å². The van der Waals surface area contributed by atoms with Crippen molar-refractivity contribution in [3.8, 4) is 0 Å². The average Bonchev–Trinajstić information content (AvgIpc) is 2.19. The highest BCUT2D eigenvalue weighted by Crippen LogP contribution is 1.94. The fourth-order valence-electron chi connectivity index (χ4n) is 0.763. The highest BCUT2D eigenvalue weighted by atomic mass is 16.2. The zero-order valence-corrected chi connectivity index (χ0v) is 7.40. The third-order valence-corrected chi connectivity index (χ3v) is 1.38. The Morgan fingerprint density at radius 2 is 2.31 bits per heavy atom. The zero-order chi connectivity index (χ0) is 9.52. The Balaban J connectivity index is 2.54. The van der Waals surface area contributed by atoms with Crippen LogP contribution in [0.2, 0.25) is 0 Å². The number of nitrogens with zero attached hydrogens (tertiary/aromatic N) is 2. The maximum Gasteiger partial charge on any atom is 0.271 e. The molecule has 1 N–H and O–H groups in total. The summed E-state index contributed by atoms with van der Waals surface area (Å²) in [6.45, 7) is 1.95. The first-order valence-corrected chi connectivity index (χ1v) is 4.06. The van der Waals surface area contributed by atoms with Crippen LogP contribution < -0.4 is 5.43 Å². The molecule has 4 nitrogen and oxygen atoms in total. The summed E-state index contributed by atoms with van der Waals surface area (Å²) >= 11 is 0. The third kappa shape index (κ3) is 3.02. The number of carbonyl (C=O) groups excluding carboxylic acids is 1. The molecule has 13 heavy (non-hydrogen) atoms. The van der Waals surface area contributed by atoms with Gasteiger partial charge < -0.3 is 0 Å². The van der Waals surface area contributed by atoms with E-state index in [1.165, 1.54) is 0 Å². The van der Waals surface area contributed by atoms with Gasteiger partial charge in [-0.15, -0.1) is 0 Å². The number of pyridine rings is 1. The lowest BCUT2D eigenvalue weighted by Crippen LogP contribution is -2.17. The van der Waals surface area contributed by atoms with Crippen LogP contribution in [0.15, 0.2) is 29.6 Å². The molecule has 0 bridgehead atoms. The van der Waals surface area contributed by atoms with Gasteiger partial charge >= 0.3 is 0 Å². The van der Waals surface area contributed by atoms with Crippen molar-refractivity contribution < 1.29 is 4.79 Å². The van der Waals surface area contributed by atoms with Crippen molar-refractivity contribution in [1.82, 2.24) is 10.4 Å². The van der Waals surface area contributed by atoms with Gasteiger partial charge in [0.05, 0.1) is 0 Å². The topological polar surface area (TPSA) is 54.4 Å². The summed E-state index contributed by atoms with van der Waals surface area (Å²) in [5.74, 6) is -0.216. The summed E-state index contributed by atoms with van der Waals surface area (Å²) in [5, 5.41) is 3.72. The van der Waals surface area contributed by atoms with Crippen molar-refractivity contribution in [2.75, 3.05) is 0 Å². The van der Waals surface area contributed by atoms with E-state index in [1.807, 2.05) is 6.92 Å². The summed E-state index contributed by atoms with van der Waals surface area (Å²) in [5.41, 5.74) is 2.96. The minimum Gasteiger partial charge on any atom is -0.267 e. The van der Waals surface area contributed by atoms with E-state index in [4.69, 9.17) is 0 Å². The number of nitrogens with one attached hydrogen (secondary N) is 1. The van der Waals surface area contributed by atoms with Gasteiger partial charge in [-0.25, -0.2) is 5.43 Å². The standard InChI is InChI=1S/C9H11N3O/c1-2-5-11-12-9(13)8-3-6-10-7-4-8/h3-7H,2H2,1H3,(H,12,13). The van der Waals surface area contributed by atoms with Crippen molar-refractivity contribution in [1.29, 1.82) is 0 Å². The summed E-state index contributed by atoms with van der Waals surface area (Å²) in [6.07, 6.45) is 5.58. The van der Waals surface area contributed by atoms with E-state index in [9.17, 15) is 4.79 Å². The van der Waals surface area contributed by atoms with Crippen LogP contribution in [0, 0.1) is 0 Å². The summed E-state index contributed by atoms with van der Waals surface area (Å²) < 4.78 is 0. The Morgan fingerprint density at radius 3 is 2.92 bits per heavy atom. The molecule has 0 fully saturated rings.